The first-order chi connectivity index (χ1) is 12.2. The summed E-state index contributed by atoms with van der Waals surface area (Å²) in [6.45, 7) is 0. The van der Waals surface area contributed by atoms with E-state index in [4.69, 9.17) is 0 Å². The second kappa shape index (κ2) is 6.72. The van der Waals surface area contributed by atoms with Crippen LogP contribution in [0.2, 0.25) is 0 Å². The van der Waals surface area contributed by atoms with Crippen molar-refractivity contribution < 1.29 is 9.18 Å². The molecular weight excluding hydrogens is 337 g/mol. The van der Waals surface area contributed by atoms with Crippen molar-refractivity contribution in [2.24, 2.45) is 5.92 Å². The smallest absolute Gasteiger partial charge is 0.227 e. The largest absolute Gasteiger partial charge is 0.326 e. The predicted octanol–water partition coefficient (Wildman–Crippen LogP) is 4.09. The molecule has 0 spiro atoms. The Labute approximate surface area is 148 Å². The summed E-state index contributed by atoms with van der Waals surface area (Å²) in [5.41, 5.74) is 2.43. The van der Waals surface area contributed by atoms with Gasteiger partial charge >= 0.3 is 0 Å². The highest BCUT2D eigenvalue weighted by Crippen LogP contribution is 2.34. The van der Waals surface area contributed by atoms with Gasteiger partial charge in [0.15, 0.2) is 0 Å². The first-order valence-electron chi connectivity index (χ1n) is 8.15. The number of fused-ring (bicyclic) bond motifs is 1. The minimum absolute atomic E-state index is 0.0657. The normalized spacial score (nSPS) is 16.3. The van der Waals surface area contributed by atoms with Crippen molar-refractivity contribution >= 4 is 22.9 Å². The number of aryl methyl sites for hydroxylation is 1. The van der Waals surface area contributed by atoms with Gasteiger partial charge in [-0.3, -0.25) is 9.78 Å². The number of nitrogens with zero attached hydrogens (tertiary/aromatic N) is 2. The number of carbonyl (C=O) groups excluding carboxylic acids is 1. The molecule has 25 heavy (non-hydrogen) atoms. The van der Waals surface area contributed by atoms with Crippen molar-refractivity contribution in [3.8, 4) is 10.7 Å². The zero-order valence-corrected chi connectivity index (χ0v) is 14.2. The summed E-state index contributed by atoms with van der Waals surface area (Å²) in [4.78, 5) is 22.7. The summed E-state index contributed by atoms with van der Waals surface area (Å²) in [5.74, 6) is -0.539. The van der Waals surface area contributed by atoms with E-state index in [0.29, 0.717) is 12.1 Å². The van der Waals surface area contributed by atoms with Gasteiger partial charge in [0.05, 0.1) is 11.4 Å². The molecule has 0 radical (unpaired) electrons. The van der Waals surface area contributed by atoms with Gasteiger partial charge < -0.3 is 5.32 Å². The van der Waals surface area contributed by atoms with E-state index < -0.39 is 0 Å². The van der Waals surface area contributed by atoms with E-state index in [1.165, 1.54) is 12.1 Å². The lowest BCUT2D eigenvalue weighted by Crippen LogP contribution is -2.27. The van der Waals surface area contributed by atoms with Crippen LogP contribution in [0.15, 0.2) is 48.7 Å². The van der Waals surface area contributed by atoms with Gasteiger partial charge in [-0.25, -0.2) is 9.37 Å². The molecule has 1 unspecified atom stereocenters. The third kappa shape index (κ3) is 3.44. The molecule has 1 atom stereocenters. The highest BCUT2D eigenvalue weighted by atomic mass is 32.1. The highest BCUT2D eigenvalue weighted by molar-refractivity contribution is 7.15. The molecule has 1 amide bonds. The third-order valence-corrected chi connectivity index (χ3v) is 5.43. The van der Waals surface area contributed by atoms with Crippen LogP contribution in [-0.4, -0.2) is 15.9 Å². The van der Waals surface area contributed by atoms with Crippen molar-refractivity contribution in [2.75, 3.05) is 5.32 Å². The van der Waals surface area contributed by atoms with Crippen molar-refractivity contribution in [3.05, 3.63) is 65.0 Å². The Balaban J connectivity index is 1.49. The van der Waals surface area contributed by atoms with Gasteiger partial charge in [-0.2, -0.15) is 0 Å². The highest BCUT2D eigenvalue weighted by Gasteiger charge is 2.28. The zero-order chi connectivity index (χ0) is 17.2. The molecule has 4 rings (SSSR count). The molecular formula is C19H16FN3OS. The van der Waals surface area contributed by atoms with Crippen LogP contribution in [0.4, 0.5) is 10.1 Å². The maximum Gasteiger partial charge on any atom is 0.227 e. The SMILES string of the molecule is O=C(Nc1cccc(F)c1)C1CCc2nc(-c3ccccn3)sc2C1. The molecule has 4 nitrogen and oxygen atoms in total. The van der Waals surface area contributed by atoms with Gasteiger partial charge in [0.1, 0.15) is 10.8 Å². The predicted molar refractivity (Wildman–Crippen MR) is 95.9 cm³/mol. The fourth-order valence-corrected chi connectivity index (χ4v) is 4.17. The fourth-order valence-electron chi connectivity index (χ4n) is 3.01. The molecule has 0 bridgehead atoms. The van der Waals surface area contributed by atoms with Crippen LogP contribution < -0.4 is 5.32 Å². The number of hydrogen-bond acceptors (Lipinski definition) is 4. The summed E-state index contributed by atoms with van der Waals surface area (Å²) in [6.07, 6.45) is 3.95. The Morgan fingerprint density at radius 1 is 1.24 bits per heavy atom. The van der Waals surface area contributed by atoms with Crippen LogP contribution in [0.1, 0.15) is 17.0 Å². The number of nitrogens with one attached hydrogen (secondary N) is 1. The van der Waals surface area contributed by atoms with Crippen LogP contribution in [0.25, 0.3) is 10.7 Å². The van der Waals surface area contributed by atoms with Crippen LogP contribution in [0.5, 0.6) is 0 Å². The molecule has 126 valence electrons. The molecule has 0 saturated heterocycles. The Morgan fingerprint density at radius 2 is 2.16 bits per heavy atom. The van der Waals surface area contributed by atoms with Crippen LogP contribution in [0, 0.1) is 11.7 Å². The van der Waals surface area contributed by atoms with Crippen molar-refractivity contribution in [2.45, 2.75) is 19.3 Å². The van der Waals surface area contributed by atoms with Crippen LogP contribution >= 0.6 is 11.3 Å². The number of anilines is 1. The summed E-state index contributed by atoms with van der Waals surface area (Å²) >= 11 is 1.60. The number of carbonyl (C=O) groups is 1. The summed E-state index contributed by atoms with van der Waals surface area (Å²) in [7, 11) is 0. The van der Waals surface area contributed by atoms with E-state index in [9.17, 15) is 9.18 Å². The lowest BCUT2D eigenvalue weighted by Gasteiger charge is -2.20. The van der Waals surface area contributed by atoms with E-state index in [2.05, 4.69) is 15.3 Å². The average molecular weight is 353 g/mol. The molecule has 1 aliphatic carbocycles. The summed E-state index contributed by atoms with van der Waals surface area (Å²) in [6, 6.07) is 11.7. The first-order valence-corrected chi connectivity index (χ1v) is 8.97. The first kappa shape index (κ1) is 15.9. The molecule has 3 aromatic rings. The number of pyridine rings is 1. The number of hydrogen-bond donors (Lipinski definition) is 1. The zero-order valence-electron chi connectivity index (χ0n) is 13.4. The molecule has 1 aromatic carbocycles. The molecule has 0 aliphatic heterocycles. The minimum atomic E-state index is -0.355. The van der Waals surface area contributed by atoms with Crippen molar-refractivity contribution in [1.29, 1.82) is 0 Å². The lowest BCUT2D eigenvalue weighted by molar-refractivity contribution is -0.120. The van der Waals surface area contributed by atoms with Crippen LogP contribution in [-0.2, 0) is 17.6 Å². The lowest BCUT2D eigenvalue weighted by atomic mass is 9.90. The number of rotatable bonds is 3. The minimum Gasteiger partial charge on any atom is -0.326 e. The molecule has 0 saturated carbocycles. The van der Waals surface area contributed by atoms with E-state index in [0.717, 1.165) is 34.1 Å². The van der Waals surface area contributed by atoms with Gasteiger partial charge in [0, 0.05) is 22.7 Å². The van der Waals surface area contributed by atoms with Crippen molar-refractivity contribution in [1.82, 2.24) is 9.97 Å². The number of thiazole rings is 1. The number of amides is 1. The maximum absolute atomic E-state index is 13.3. The Morgan fingerprint density at radius 3 is 2.96 bits per heavy atom. The van der Waals surface area contributed by atoms with Gasteiger partial charge in [0.2, 0.25) is 5.91 Å². The van der Waals surface area contributed by atoms with E-state index >= 15 is 0 Å². The summed E-state index contributed by atoms with van der Waals surface area (Å²) in [5, 5.41) is 3.71. The monoisotopic (exact) mass is 353 g/mol. The third-order valence-electron chi connectivity index (χ3n) is 4.29. The standard InChI is InChI=1S/C19H16FN3OS/c20-13-4-3-5-14(11-13)22-18(24)12-7-8-15-17(10-12)25-19(23-15)16-6-1-2-9-21-16/h1-6,9,11-12H,7-8,10H2,(H,22,24). The van der Waals surface area contributed by atoms with E-state index in [1.807, 2.05) is 18.2 Å². The fraction of sp³-hybridized carbons (Fsp3) is 0.211. The maximum atomic E-state index is 13.3. The number of halogens is 1. The summed E-state index contributed by atoms with van der Waals surface area (Å²) < 4.78 is 13.3. The van der Waals surface area contributed by atoms with Gasteiger partial charge in [-0.05, 0) is 49.6 Å². The van der Waals surface area contributed by atoms with Gasteiger partial charge in [0.25, 0.3) is 0 Å². The molecule has 0 fully saturated rings. The average Bonchev–Trinajstić information content (AvgIpc) is 3.06. The Hall–Kier alpha value is -2.60. The topological polar surface area (TPSA) is 54.9 Å². The van der Waals surface area contributed by atoms with E-state index in [1.54, 1.807) is 29.7 Å². The van der Waals surface area contributed by atoms with Gasteiger partial charge in [-0.1, -0.05) is 12.1 Å². The second-order valence-electron chi connectivity index (χ2n) is 6.04. The second-order valence-corrected chi connectivity index (χ2v) is 7.13. The molecule has 2 heterocycles. The number of benzene rings is 1. The van der Waals surface area contributed by atoms with E-state index in [-0.39, 0.29) is 17.6 Å². The van der Waals surface area contributed by atoms with Crippen molar-refractivity contribution in [3.63, 3.8) is 0 Å². The molecule has 1 aliphatic rings. The molecule has 2 aromatic heterocycles. The number of aromatic nitrogens is 2. The Kier molecular flexibility index (Phi) is 4.28. The van der Waals surface area contributed by atoms with Crippen LogP contribution in [0.3, 0.4) is 0 Å². The quantitative estimate of drug-likeness (QED) is 0.772. The molecule has 6 heteroatoms. The molecule has 1 N–H and O–H groups in total. The Bertz CT molecular complexity index is 910. The van der Waals surface area contributed by atoms with Gasteiger partial charge in [-0.15, -0.1) is 11.3 Å².